The molecule has 2 aromatic carbocycles. The molecule has 0 amide bonds. The largest absolute Gasteiger partial charge is 0.393 e. The van der Waals surface area contributed by atoms with Crippen molar-refractivity contribution in [3.8, 4) is 0 Å². The number of nitrogen functional groups attached to an aromatic ring is 1. The fourth-order valence-corrected chi connectivity index (χ4v) is 1.95. The van der Waals surface area contributed by atoms with Crippen molar-refractivity contribution in [2.24, 2.45) is 0 Å². The van der Waals surface area contributed by atoms with Crippen LogP contribution >= 0.6 is 11.6 Å². The molecule has 0 radical (unpaired) electrons. The van der Waals surface area contributed by atoms with Gasteiger partial charge in [0.25, 0.3) is 5.69 Å². The first-order valence-corrected chi connectivity index (χ1v) is 5.92. The van der Waals surface area contributed by atoms with Crippen molar-refractivity contribution >= 4 is 34.4 Å². The molecule has 2 rings (SSSR count). The number of nitrogens with one attached hydrogen (secondary N) is 1. The highest BCUT2D eigenvalue weighted by Crippen LogP contribution is 2.28. The van der Waals surface area contributed by atoms with E-state index in [1.165, 1.54) is 12.1 Å². The lowest BCUT2D eigenvalue weighted by Gasteiger charge is -2.10. The maximum absolute atomic E-state index is 10.7. The van der Waals surface area contributed by atoms with Crippen molar-refractivity contribution in [3.63, 3.8) is 0 Å². The van der Waals surface area contributed by atoms with Crippen LogP contribution in [-0.2, 0) is 0 Å². The third-order valence-electron chi connectivity index (χ3n) is 2.69. The Morgan fingerprint density at radius 3 is 2.58 bits per heavy atom. The molecule has 2 aromatic rings. The van der Waals surface area contributed by atoms with Gasteiger partial charge >= 0.3 is 0 Å². The van der Waals surface area contributed by atoms with E-state index in [1.54, 1.807) is 12.1 Å². The number of hydrogen-bond donors (Lipinski definition) is 2. The second-order valence-electron chi connectivity index (χ2n) is 4.11. The zero-order valence-corrected chi connectivity index (χ0v) is 10.9. The summed E-state index contributed by atoms with van der Waals surface area (Å²) in [5, 5.41) is 14.5. The molecule has 5 nitrogen and oxygen atoms in total. The molecule has 0 aromatic heterocycles. The summed E-state index contributed by atoms with van der Waals surface area (Å²) in [7, 11) is 0. The molecule has 3 N–H and O–H groups in total. The summed E-state index contributed by atoms with van der Waals surface area (Å²) in [6.45, 7) is 1.92. The van der Waals surface area contributed by atoms with Gasteiger partial charge in [0, 0.05) is 22.5 Å². The molecular formula is C13H12ClN3O2. The molecule has 0 atom stereocenters. The molecule has 98 valence electrons. The highest BCUT2D eigenvalue weighted by Gasteiger charge is 2.11. The van der Waals surface area contributed by atoms with E-state index in [-0.39, 0.29) is 11.4 Å². The molecule has 0 unspecified atom stereocenters. The van der Waals surface area contributed by atoms with Crippen LogP contribution in [0.25, 0.3) is 0 Å². The molecule has 0 saturated heterocycles. The van der Waals surface area contributed by atoms with Crippen LogP contribution in [0.15, 0.2) is 36.4 Å². The van der Waals surface area contributed by atoms with Crippen LogP contribution in [0.3, 0.4) is 0 Å². The van der Waals surface area contributed by atoms with Gasteiger partial charge < -0.3 is 11.1 Å². The Hall–Kier alpha value is -2.27. The zero-order chi connectivity index (χ0) is 14.0. The molecular weight excluding hydrogens is 266 g/mol. The smallest absolute Gasteiger partial charge is 0.292 e. The van der Waals surface area contributed by atoms with Crippen LogP contribution < -0.4 is 11.1 Å². The summed E-state index contributed by atoms with van der Waals surface area (Å²) in [6, 6.07) is 9.97. The summed E-state index contributed by atoms with van der Waals surface area (Å²) in [4.78, 5) is 10.2. The summed E-state index contributed by atoms with van der Waals surface area (Å²) in [5.41, 5.74) is 8.20. The van der Waals surface area contributed by atoms with E-state index in [2.05, 4.69) is 5.32 Å². The normalized spacial score (nSPS) is 10.2. The molecule has 0 bridgehead atoms. The van der Waals surface area contributed by atoms with Crippen molar-refractivity contribution in [2.75, 3.05) is 11.1 Å². The van der Waals surface area contributed by atoms with Crippen molar-refractivity contribution in [1.82, 2.24) is 0 Å². The first-order chi connectivity index (χ1) is 8.97. The van der Waals surface area contributed by atoms with E-state index in [0.29, 0.717) is 10.7 Å². The lowest BCUT2D eigenvalue weighted by molar-refractivity contribution is -0.383. The van der Waals surface area contributed by atoms with Gasteiger partial charge in [-0.05, 0) is 42.8 Å². The average molecular weight is 278 g/mol. The number of rotatable bonds is 3. The van der Waals surface area contributed by atoms with Gasteiger partial charge in [0.05, 0.1) is 4.92 Å². The van der Waals surface area contributed by atoms with Crippen molar-refractivity contribution in [1.29, 1.82) is 0 Å². The predicted molar refractivity (Wildman–Crippen MR) is 77.0 cm³/mol. The summed E-state index contributed by atoms with van der Waals surface area (Å²) in [5.74, 6) is 0. The molecule has 19 heavy (non-hydrogen) atoms. The highest BCUT2D eigenvalue weighted by molar-refractivity contribution is 6.30. The summed E-state index contributed by atoms with van der Waals surface area (Å²) < 4.78 is 0. The first kappa shape index (κ1) is 13.2. The van der Waals surface area contributed by atoms with Crippen LogP contribution in [-0.4, -0.2) is 4.92 Å². The van der Waals surface area contributed by atoms with Crippen LogP contribution in [0.1, 0.15) is 5.56 Å². The minimum absolute atomic E-state index is 0.0987. The average Bonchev–Trinajstić information content (AvgIpc) is 2.32. The monoisotopic (exact) mass is 277 g/mol. The van der Waals surface area contributed by atoms with Crippen LogP contribution in [0.4, 0.5) is 22.7 Å². The van der Waals surface area contributed by atoms with E-state index >= 15 is 0 Å². The third-order valence-corrected chi connectivity index (χ3v) is 2.93. The molecule has 0 fully saturated rings. The Morgan fingerprint density at radius 2 is 2.00 bits per heavy atom. The highest BCUT2D eigenvalue weighted by atomic mass is 35.5. The van der Waals surface area contributed by atoms with Crippen molar-refractivity contribution < 1.29 is 4.92 Å². The standard InChI is InChI=1S/C13H12ClN3O2/c1-8-6-9(14)2-4-12(8)16-10-3-5-13(17(18)19)11(15)7-10/h2-7,16H,15H2,1H3. The molecule has 0 spiro atoms. The lowest BCUT2D eigenvalue weighted by atomic mass is 10.2. The predicted octanol–water partition coefficient (Wildman–Crippen LogP) is 3.88. The van der Waals surface area contributed by atoms with Gasteiger partial charge in [-0.25, -0.2) is 0 Å². The quantitative estimate of drug-likeness (QED) is 0.507. The SMILES string of the molecule is Cc1cc(Cl)ccc1Nc1ccc([N+](=O)[O-])c(N)c1. The number of aryl methyl sites for hydroxylation is 1. The van der Waals surface area contributed by atoms with Gasteiger partial charge in [0.2, 0.25) is 0 Å². The molecule has 0 aliphatic heterocycles. The Balaban J connectivity index is 2.29. The fourth-order valence-electron chi connectivity index (χ4n) is 1.72. The van der Waals surface area contributed by atoms with Crippen molar-refractivity contribution in [3.05, 3.63) is 57.1 Å². The van der Waals surface area contributed by atoms with Gasteiger partial charge in [-0.15, -0.1) is 0 Å². The number of nitrogens with zero attached hydrogens (tertiary/aromatic N) is 1. The Labute approximate surface area is 115 Å². The number of hydrogen-bond acceptors (Lipinski definition) is 4. The van der Waals surface area contributed by atoms with Crippen molar-refractivity contribution in [2.45, 2.75) is 6.92 Å². The van der Waals surface area contributed by atoms with E-state index in [1.807, 2.05) is 19.1 Å². The zero-order valence-electron chi connectivity index (χ0n) is 10.2. The maximum Gasteiger partial charge on any atom is 0.292 e. The fraction of sp³-hybridized carbons (Fsp3) is 0.0769. The van der Waals surface area contributed by atoms with Crippen LogP contribution in [0.5, 0.6) is 0 Å². The number of anilines is 3. The van der Waals surface area contributed by atoms with Crippen LogP contribution in [0, 0.1) is 17.0 Å². The summed E-state index contributed by atoms with van der Waals surface area (Å²) in [6.07, 6.45) is 0. The second-order valence-corrected chi connectivity index (χ2v) is 4.55. The van der Waals surface area contributed by atoms with E-state index in [4.69, 9.17) is 17.3 Å². The minimum Gasteiger partial charge on any atom is -0.393 e. The lowest BCUT2D eigenvalue weighted by Crippen LogP contribution is -1.98. The third kappa shape index (κ3) is 2.95. The minimum atomic E-state index is -0.507. The van der Waals surface area contributed by atoms with Gasteiger partial charge in [0.15, 0.2) is 0 Å². The number of nitrogens with two attached hydrogens (primary N) is 1. The second kappa shape index (κ2) is 5.16. The van der Waals surface area contributed by atoms with Gasteiger partial charge in [-0.3, -0.25) is 10.1 Å². The van der Waals surface area contributed by atoms with Gasteiger partial charge in [-0.1, -0.05) is 11.6 Å². The van der Waals surface area contributed by atoms with Gasteiger partial charge in [-0.2, -0.15) is 0 Å². The van der Waals surface area contributed by atoms with Gasteiger partial charge in [0.1, 0.15) is 5.69 Å². The maximum atomic E-state index is 10.7. The van der Waals surface area contributed by atoms with E-state index < -0.39 is 4.92 Å². The molecule has 0 aliphatic rings. The number of benzene rings is 2. The first-order valence-electron chi connectivity index (χ1n) is 5.54. The molecule has 0 saturated carbocycles. The molecule has 6 heteroatoms. The number of nitro benzene ring substituents is 1. The molecule has 0 aliphatic carbocycles. The van der Waals surface area contributed by atoms with E-state index in [9.17, 15) is 10.1 Å². The number of halogens is 1. The van der Waals surface area contributed by atoms with E-state index in [0.717, 1.165) is 11.3 Å². The molecule has 0 heterocycles. The number of nitro groups is 1. The van der Waals surface area contributed by atoms with Crippen LogP contribution in [0.2, 0.25) is 5.02 Å². The summed E-state index contributed by atoms with van der Waals surface area (Å²) >= 11 is 5.88. The Morgan fingerprint density at radius 1 is 1.26 bits per heavy atom. The topological polar surface area (TPSA) is 81.2 Å². The Bertz CT molecular complexity index is 644. The Kier molecular flexibility index (Phi) is 3.57.